The third-order valence-electron chi connectivity index (χ3n) is 5.07. The number of hydrogen-bond donors (Lipinski definition) is 0. The molecule has 0 aliphatic rings. The summed E-state index contributed by atoms with van der Waals surface area (Å²) in [6.45, 7) is 5.56. The summed E-state index contributed by atoms with van der Waals surface area (Å²) in [7, 11) is 0. The number of hydrogen-bond acceptors (Lipinski definition) is 4. The Bertz CT molecular complexity index is 776. The lowest BCUT2D eigenvalue weighted by Crippen LogP contribution is -2.23. The van der Waals surface area contributed by atoms with Crippen molar-refractivity contribution in [2.75, 3.05) is 0 Å². The summed E-state index contributed by atoms with van der Waals surface area (Å²) in [4.78, 5) is 23.3. The summed E-state index contributed by atoms with van der Waals surface area (Å²) in [5.41, 5.74) is -0.440. The molecule has 0 saturated carbocycles. The van der Waals surface area contributed by atoms with E-state index in [-0.39, 0.29) is 12.4 Å². The number of carbonyl (C=O) groups is 2. The van der Waals surface area contributed by atoms with E-state index in [1.807, 2.05) is 20.8 Å². The van der Waals surface area contributed by atoms with Crippen LogP contribution < -0.4 is 4.74 Å². The van der Waals surface area contributed by atoms with E-state index in [9.17, 15) is 31.5 Å². The Kier molecular flexibility index (Phi) is 13.1. The van der Waals surface area contributed by atoms with E-state index >= 15 is 0 Å². The van der Waals surface area contributed by atoms with Gasteiger partial charge in [-0.15, -0.1) is 0 Å². The monoisotopic (exact) mass is 494 g/mol. The normalized spacial score (nSPS) is 11.5. The Labute approximate surface area is 198 Å². The van der Waals surface area contributed by atoms with Gasteiger partial charge in [-0.3, -0.25) is 9.59 Å². The predicted molar refractivity (Wildman–Crippen MR) is 118 cm³/mol. The Balaban J connectivity index is 2.04. The quantitative estimate of drug-likeness (QED) is 0.0626. The summed E-state index contributed by atoms with van der Waals surface area (Å²) in [5, 5.41) is 0. The highest BCUT2D eigenvalue weighted by Gasteiger charge is 2.28. The van der Waals surface area contributed by atoms with Gasteiger partial charge in [0.25, 0.3) is 0 Å². The van der Waals surface area contributed by atoms with Crippen molar-refractivity contribution in [3.63, 3.8) is 0 Å². The first kappa shape index (κ1) is 29.8. The number of halogens is 5. The van der Waals surface area contributed by atoms with E-state index in [1.165, 1.54) is 0 Å². The molecular weight excluding hydrogens is 459 g/mol. The van der Waals surface area contributed by atoms with Crippen LogP contribution in [0.5, 0.6) is 5.75 Å². The minimum Gasteiger partial charge on any atom is -0.460 e. The van der Waals surface area contributed by atoms with Crippen LogP contribution in [0.4, 0.5) is 22.0 Å². The second kappa shape index (κ2) is 14.9. The lowest BCUT2D eigenvalue weighted by Gasteiger charge is -2.19. The van der Waals surface area contributed by atoms with Gasteiger partial charge in [0.05, 0.1) is 0 Å². The first-order chi connectivity index (χ1) is 15.9. The third-order valence-corrected chi connectivity index (χ3v) is 5.07. The van der Waals surface area contributed by atoms with Crippen molar-refractivity contribution in [2.45, 2.75) is 110 Å². The minimum atomic E-state index is -2.30. The number of rotatable bonds is 15. The Morgan fingerprint density at radius 2 is 0.882 bits per heavy atom. The van der Waals surface area contributed by atoms with Gasteiger partial charge in [0.2, 0.25) is 34.8 Å². The largest absolute Gasteiger partial charge is 0.460 e. The van der Waals surface area contributed by atoms with Crippen LogP contribution in [-0.2, 0) is 14.3 Å². The molecule has 1 rings (SSSR count). The van der Waals surface area contributed by atoms with Gasteiger partial charge in [-0.05, 0) is 33.6 Å². The fraction of sp³-hybridized carbons (Fsp3) is 0.680. The maximum Gasteiger partial charge on any atom is 0.311 e. The van der Waals surface area contributed by atoms with Gasteiger partial charge < -0.3 is 9.47 Å². The second-order valence-corrected chi connectivity index (χ2v) is 9.35. The van der Waals surface area contributed by atoms with E-state index in [4.69, 9.17) is 4.74 Å². The molecule has 0 unspecified atom stereocenters. The smallest absolute Gasteiger partial charge is 0.311 e. The molecule has 0 bridgehead atoms. The average molecular weight is 495 g/mol. The lowest BCUT2D eigenvalue weighted by molar-refractivity contribution is -0.155. The Hall–Kier alpha value is -2.19. The van der Waals surface area contributed by atoms with Crippen molar-refractivity contribution in [1.82, 2.24) is 0 Å². The zero-order valence-corrected chi connectivity index (χ0v) is 20.2. The fourth-order valence-corrected chi connectivity index (χ4v) is 3.36. The van der Waals surface area contributed by atoms with E-state index in [0.717, 1.165) is 57.8 Å². The molecule has 9 heteroatoms. The maximum atomic E-state index is 13.5. The summed E-state index contributed by atoms with van der Waals surface area (Å²) >= 11 is 0. The van der Waals surface area contributed by atoms with Gasteiger partial charge in [-0.25, -0.2) is 13.2 Å². The minimum absolute atomic E-state index is 0.154. The topological polar surface area (TPSA) is 52.6 Å². The lowest BCUT2D eigenvalue weighted by atomic mass is 10.0. The SMILES string of the molecule is CC(C)(C)OC(=O)CCCCCCCCCCCCCC(=O)Oc1c(F)c(F)c(F)c(F)c1F. The molecule has 34 heavy (non-hydrogen) atoms. The first-order valence-corrected chi connectivity index (χ1v) is 11.9. The first-order valence-electron chi connectivity index (χ1n) is 11.9. The molecule has 0 aliphatic carbocycles. The number of unbranched alkanes of at least 4 members (excludes halogenated alkanes) is 10. The summed E-state index contributed by atoms with van der Waals surface area (Å²) in [6, 6.07) is 0. The van der Waals surface area contributed by atoms with Crippen LogP contribution in [0.3, 0.4) is 0 Å². The maximum absolute atomic E-state index is 13.5. The van der Waals surface area contributed by atoms with E-state index in [1.54, 1.807) is 0 Å². The van der Waals surface area contributed by atoms with Crippen molar-refractivity contribution >= 4 is 11.9 Å². The number of ether oxygens (including phenoxy) is 2. The van der Waals surface area contributed by atoms with Gasteiger partial charge in [0, 0.05) is 12.8 Å². The molecule has 0 aromatic heterocycles. The van der Waals surface area contributed by atoms with Gasteiger partial charge in [0.15, 0.2) is 0 Å². The van der Waals surface area contributed by atoms with E-state index in [0.29, 0.717) is 19.3 Å². The van der Waals surface area contributed by atoms with Crippen molar-refractivity contribution in [1.29, 1.82) is 0 Å². The van der Waals surface area contributed by atoms with Crippen molar-refractivity contribution < 1.29 is 41.0 Å². The molecule has 1 aromatic rings. The van der Waals surface area contributed by atoms with Crippen LogP contribution in [0, 0.1) is 29.1 Å². The Morgan fingerprint density at radius 3 is 1.26 bits per heavy atom. The molecular formula is C25H35F5O4. The molecule has 0 N–H and O–H groups in total. The zero-order valence-electron chi connectivity index (χ0n) is 20.2. The molecule has 0 amide bonds. The Morgan fingerprint density at radius 1 is 0.559 bits per heavy atom. The molecule has 0 radical (unpaired) electrons. The average Bonchev–Trinajstić information content (AvgIpc) is 2.76. The summed E-state index contributed by atoms with van der Waals surface area (Å²) < 4.78 is 75.9. The highest BCUT2D eigenvalue weighted by molar-refractivity contribution is 5.72. The molecule has 0 atom stereocenters. The number of benzene rings is 1. The van der Waals surface area contributed by atoms with Crippen molar-refractivity contribution in [2.24, 2.45) is 0 Å². The molecule has 0 heterocycles. The molecule has 194 valence electrons. The van der Waals surface area contributed by atoms with Crippen molar-refractivity contribution in [3.05, 3.63) is 29.1 Å². The second-order valence-electron chi connectivity index (χ2n) is 9.35. The van der Waals surface area contributed by atoms with Gasteiger partial charge in [-0.2, -0.15) is 8.78 Å². The molecule has 4 nitrogen and oxygen atoms in total. The van der Waals surface area contributed by atoms with Gasteiger partial charge in [0.1, 0.15) is 5.60 Å². The number of carbonyl (C=O) groups excluding carboxylic acids is 2. The van der Waals surface area contributed by atoms with E-state index in [2.05, 4.69) is 4.74 Å². The van der Waals surface area contributed by atoms with E-state index < -0.39 is 46.4 Å². The molecule has 0 aliphatic heterocycles. The van der Waals surface area contributed by atoms with Crippen molar-refractivity contribution in [3.8, 4) is 5.75 Å². The third kappa shape index (κ3) is 11.3. The van der Waals surface area contributed by atoms with Gasteiger partial charge in [-0.1, -0.05) is 57.8 Å². The van der Waals surface area contributed by atoms with Gasteiger partial charge >= 0.3 is 11.9 Å². The molecule has 0 fully saturated rings. The van der Waals surface area contributed by atoms with Crippen LogP contribution in [-0.4, -0.2) is 17.5 Å². The van der Waals surface area contributed by atoms with Crippen LogP contribution in [0.1, 0.15) is 104 Å². The highest BCUT2D eigenvalue weighted by Crippen LogP contribution is 2.29. The molecule has 1 aromatic carbocycles. The van der Waals surface area contributed by atoms with Crippen LogP contribution in [0.2, 0.25) is 0 Å². The summed E-state index contributed by atoms with van der Waals surface area (Å²) in [5.74, 6) is -13.7. The zero-order chi connectivity index (χ0) is 25.7. The van der Waals surface area contributed by atoms with Crippen LogP contribution in [0.25, 0.3) is 0 Å². The standard InChI is InChI=1S/C25H35F5O4/c1-25(2,3)34-18(32)16-14-12-10-8-6-4-5-7-9-11-13-15-17(31)33-24-22(29)20(27)19(26)21(28)23(24)30/h4-16H2,1-3H3. The van der Waals surface area contributed by atoms with Crippen LogP contribution in [0.15, 0.2) is 0 Å². The molecule has 0 saturated heterocycles. The fourth-order valence-electron chi connectivity index (χ4n) is 3.36. The predicted octanol–water partition coefficient (Wildman–Crippen LogP) is 7.70. The van der Waals surface area contributed by atoms with Crippen LogP contribution >= 0.6 is 0 Å². The molecule has 0 spiro atoms. The highest BCUT2D eigenvalue weighted by atomic mass is 19.2. The number of esters is 2. The summed E-state index contributed by atoms with van der Waals surface area (Å²) in [6.07, 6.45) is 10.5.